The lowest BCUT2D eigenvalue weighted by atomic mass is 9.94. The van der Waals surface area contributed by atoms with Crippen LogP contribution in [0.15, 0.2) is 0 Å². The summed E-state index contributed by atoms with van der Waals surface area (Å²) < 4.78 is 0. The molecule has 5 nitrogen and oxygen atoms in total. The van der Waals surface area contributed by atoms with Gasteiger partial charge in [-0.25, -0.2) is 0 Å². The summed E-state index contributed by atoms with van der Waals surface area (Å²) in [5.41, 5.74) is 10.8. The molecule has 1 aliphatic carbocycles. The number of hydrogen-bond donors (Lipinski definition) is 3. The van der Waals surface area contributed by atoms with Crippen LogP contribution < -0.4 is 11.5 Å². The zero-order chi connectivity index (χ0) is 12.0. The van der Waals surface area contributed by atoms with Gasteiger partial charge in [-0.05, 0) is 12.8 Å². The molecule has 5 heteroatoms. The summed E-state index contributed by atoms with van der Waals surface area (Å²) in [5, 5.41) is 9.02. The van der Waals surface area contributed by atoms with E-state index in [0.717, 1.165) is 12.8 Å². The van der Waals surface area contributed by atoms with E-state index in [1.165, 1.54) is 19.3 Å². The van der Waals surface area contributed by atoms with Crippen LogP contribution in [0.2, 0.25) is 0 Å². The molecule has 0 aromatic heterocycles. The maximum Gasteiger partial charge on any atom is 0.235 e. The van der Waals surface area contributed by atoms with E-state index in [2.05, 4.69) is 4.90 Å². The third kappa shape index (κ3) is 4.08. The number of carbonyl (C=O) groups excluding carboxylic acids is 1. The summed E-state index contributed by atoms with van der Waals surface area (Å²) in [6, 6.07) is -0.181. The largest absolute Gasteiger partial charge is 0.395 e. The van der Waals surface area contributed by atoms with E-state index < -0.39 is 11.9 Å². The van der Waals surface area contributed by atoms with Crippen molar-refractivity contribution in [2.24, 2.45) is 11.5 Å². The first kappa shape index (κ1) is 13.4. The Morgan fingerprint density at radius 2 is 2.00 bits per heavy atom. The number of rotatable bonds is 6. The van der Waals surface area contributed by atoms with Crippen molar-refractivity contribution < 1.29 is 9.90 Å². The van der Waals surface area contributed by atoms with E-state index in [9.17, 15) is 4.79 Å². The van der Waals surface area contributed by atoms with Gasteiger partial charge in [0.1, 0.15) is 0 Å². The van der Waals surface area contributed by atoms with Crippen LogP contribution in [0.4, 0.5) is 0 Å². The molecular formula is C11H23N3O2. The van der Waals surface area contributed by atoms with E-state index in [-0.39, 0.29) is 6.61 Å². The molecule has 0 bridgehead atoms. The molecule has 1 rings (SSSR count). The SMILES string of the molecule is NC(=O)C(N)CN(CCO)C1CCCCC1. The highest BCUT2D eigenvalue weighted by Crippen LogP contribution is 2.22. The molecule has 1 amide bonds. The van der Waals surface area contributed by atoms with Gasteiger partial charge in [0.25, 0.3) is 0 Å². The highest BCUT2D eigenvalue weighted by atomic mass is 16.3. The van der Waals surface area contributed by atoms with Crippen LogP contribution in [0.1, 0.15) is 32.1 Å². The fourth-order valence-corrected chi connectivity index (χ4v) is 2.34. The summed E-state index contributed by atoms with van der Waals surface area (Å²) in [4.78, 5) is 13.0. The van der Waals surface area contributed by atoms with E-state index in [4.69, 9.17) is 16.6 Å². The molecule has 0 spiro atoms. The molecule has 1 fully saturated rings. The maximum atomic E-state index is 10.9. The number of aliphatic hydroxyl groups is 1. The molecule has 0 heterocycles. The van der Waals surface area contributed by atoms with Crippen molar-refractivity contribution in [3.8, 4) is 0 Å². The first-order chi connectivity index (χ1) is 7.65. The van der Waals surface area contributed by atoms with E-state index in [1.54, 1.807) is 0 Å². The average Bonchev–Trinajstić information content (AvgIpc) is 2.29. The number of primary amides is 1. The minimum absolute atomic E-state index is 0.0992. The third-order valence-corrected chi connectivity index (χ3v) is 3.27. The quantitative estimate of drug-likeness (QED) is 0.568. The van der Waals surface area contributed by atoms with Crippen molar-refractivity contribution in [1.82, 2.24) is 4.90 Å². The minimum Gasteiger partial charge on any atom is -0.395 e. The van der Waals surface area contributed by atoms with Crippen LogP contribution in [-0.4, -0.2) is 47.7 Å². The lowest BCUT2D eigenvalue weighted by Crippen LogP contribution is -2.50. The van der Waals surface area contributed by atoms with Crippen LogP contribution in [0, 0.1) is 0 Å². The van der Waals surface area contributed by atoms with E-state index in [1.807, 2.05) is 0 Å². The van der Waals surface area contributed by atoms with Crippen LogP contribution >= 0.6 is 0 Å². The molecule has 0 saturated heterocycles. The standard InChI is InChI=1S/C11H23N3O2/c12-10(11(13)16)8-14(6-7-15)9-4-2-1-3-5-9/h9-10,15H,1-8,12H2,(H2,13,16). The number of nitrogens with zero attached hydrogens (tertiary/aromatic N) is 1. The van der Waals surface area contributed by atoms with Crippen molar-refractivity contribution >= 4 is 5.91 Å². The van der Waals surface area contributed by atoms with Crippen molar-refractivity contribution in [2.75, 3.05) is 19.7 Å². The Kier molecular flexibility index (Phi) is 5.73. The van der Waals surface area contributed by atoms with Gasteiger partial charge in [-0.1, -0.05) is 19.3 Å². The molecule has 0 aromatic carbocycles. The van der Waals surface area contributed by atoms with Crippen LogP contribution in [-0.2, 0) is 4.79 Å². The molecule has 1 unspecified atom stereocenters. The van der Waals surface area contributed by atoms with Gasteiger partial charge < -0.3 is 16.6 Å². The normalized spacial score (nSPS) is 19.9. The summed E-state index contributed by atoms with van der Waals surface area (Å²) in [7, 11) is 0. The van der Waals surface area contributed by atoms with Gasteiger partial charge in [0.2, 0.25) is 5.91 Å². The molecule has 94 valence electrons. The number of aliphatic hydroxyl groups excluding tert-OH is 1. The smallest absolute Gasteiger partial charge is 0.235 e. The average molecular weight is 229 g/mol. The van der Waals surface area contributed by atoms with Gasteiger partial charge in [-0.15, -0.1) is 0 Å². The zero-order valence-corrected chi connectivity index (χ0v) is 9.77. The predicted octanol–water partition coefficient (Wildman–Crippen LogP) is -0.574. The number of carbonyl (C=O) groups is 1. The number of amides is 1. The second-order valence-corrected chi connectivity index (χ2v) is 4.52. The van der Waals surface area contributed by atoms with Crippen LogP contribution in [0.5, 0.6) is 0 Å². The van der Waals surface area contributed by atoms with Crippen molar-refractivity contribution in [2.45, 2.75) is 44.2 Å². The van der Waals surface area contributed by atoms with Gasteiger partial charge in [0.15, 0.2) is 0 Å². The highest BCUT2D eigenvalue weighted by Gasteiger charge is 2.23. The molecule has 0 aromatic rings. The zero-order valence-electron chi connectivity index (χ0n) is 9.77. The van der Waals surface area contributed by atoms with Gasteiger partial charge in [0, 0.05) is 19.1 Å². The predicted molar refractivity (Wildman–Crippen MR) is 62.7 cm³/mol. The highest BCUT2D eigenvalue weighted by molar-refractivity contribution is 5.79. The molecule has 0 aliphatic heterocycles. The Hall–Kier alpha value is -0.650. The molecular weight excluding hydrogens is 206 g/mol. The fourth-order valence-electron chi connectivity index (χ4n) is 2.34. The lowest BCUT2D eigenvalue weighted by molar-refractivity contribution is -0.119. The summed E-state index contributed by atoms with van der Waals surface area (Å²) >= 11 is 0. The van der Waals surface area contributed by atoms with Crippen molar-refractivity contribution in [3.63, 3.8) is 0 Å². The van der Waals surface area contributed by atoms with Gasteiger partial charge in [-0.3, -0.25) is 9.69 Å². The van der Waals surface area contributed by atoms with Crippen molar-refractivity contribution in [3.05, 3.63) is 0 Å². The first-order valence-corrected chi connectivity index (χ1v) is 6.05. The topological polar surface area (TPSA) is 92.6 Å². The lowest BCUT2D eigenvalue weighted by Gasteiger charge is -2.34. The summed E-state index contributed by atoms with van der Waals surface area (Å²) in [5.74, 6) is -0.473. The molecule has 1 aliphatic rings. The molecule has 1 saturated carbocycles. The van der Waals surface area contributed by atoms with Gasteiger partial charge in [-0.2, -0.15) is 0 Å². The second kappa shape index (κ2) is 6.83. The van der Waals surface area contributed by atoms with Gasteiger partial charge in [0.05, 0.1) is 12.6 Å². The Morgan fingerprint density at radius 1 is 1.38 bits per heavy atom. The molecule has 16 heavy (non-hydrogen) atoms. The van der Waals surface area contributed by atoms with Crippen LogP contribution in [0.25, 0.3) is 0 Å². The number of hydrogen-bond acceptors (Lipinski definition) is 4. The Balaban J connectivity index is 2.48. The van der Waals surface area contributed by atoms with Gasteiger partial charge >= 0.3 is 0 Å². The Morgan fingerprint density at radius 3 is 2.50 bits per heavy atom. The first-order valence-electron chi connectivity index (χ1n) is 6.05. The van der Waals surface area contributed by atoms with E-state index >= 15 is 0 Å². The van der Waals surface area contributed by atoms with Crippen LogP contribution in [0.3, 0.4) is 0 Å². The molecule has 0 radical (unpaired) electrons. The molecule has 1 atom stereocenters. The Bertz CT molecular complexity index is 217. The monoisotopic (exact) mass is 229 g/mol. The van der Waals surface area contributed by atoms with Crippen molar-refractivity contribution in [1.29, 1.82) is 0 Å². The molecule has 5 N–H and O–H groups in total. The number of nitrogens with two attached hydrogens (primary N) is 2. The Labute approximate surface area is 96.8 Å². The van der Waals surface area contributed by atoms with E-state index in [0.29, 0.717) is 19.1 Å². The fraction of sp³-hybridized carbons (Fsp3) is 0.909. The third-order valence-electron chi connectivity index (χ3n) is 3.27. The minimum atomic E-state index is -0.631. The maximum absolute atomic E-state index is 10.9. The summed E-state index contributed by atoms with van der Waals surface area (Å²) in [6.07, 6.45) is 5.99. The second-order valence-electron chi connectivity index (χ2n) is 4.52. The summed E-state index contributed by atoms with van der Waals surface area (Å²) in [6.45, 7) is 1.13.